The number of carbonyl (C=O) groups is 2. The second-order valence-electron chi connectivity index (χ2n) is 6.47. The molecule has 0 bridgehead atoms. The molecule has 0 N–H and O–H groups in total. The average molecular weight is 373 g/mol. The summed E-state index contributed by atoms with van der Waals surface area (Å²) in [6.45, 7) is 6.34. The van der Waals surface area contributed by atoms with Crippen molar-refractivity contribution < 1.29 is 9.59 Å². The monoisotopic (exact) mass is 372 g/mol. The van der Waals surface area contributed by atoms with Crippen molar-refractivity contribution in [2.24, 2.45) is 0 Å². The van der Waals surface area contributed by atoms with Crippen molar-refractivity contribution in [3.8, 4) is 0 Å². The minimum atomic E-state index is -0.134. The Morgan fingerprint density at radius 3 is 2.19 bits per heavy atom. The first-order valence-corrected chi connectivity index (χ1v) is 9.14. The molecule has 0 radical (unpaired) electrons. The Hall–Kier alpha value is -2.33. The predicted octanol–water partition coefficient (Wildman–Crippen LogP) is 4.52. The Labute approximate surface area is 160 Å². The van der Waals surface area contributed by atoms with Crippen LogP contribution in [-0.2, 0) is 16.1 Å². The van der Waals surface area contributed by atoms with Gasteiger partial charge in [-0.1, -0.05) is 54.1 Å². The fourth-order valence-corrected chi connectivity index (χ4v) is 3.05. The molecule has 0 aromatic heterocycles. The van der Waals surface area contributed by atoms with E-state index in [1.54, 1.807) is 17.0 Å². The lowest BCUT2D eigenvalue weighted by atomic mass is 10.1. The first kappa shape index (κ1) is 20.0. The molecule has 0 saturated heterocycles. The van der Waals surface area contributed by atoms with Crippen molar-refractivity contribution in [2.45, 2.75) is 39.8 Å². The molecule has 5 heteroatoms. The number of para-hydroxylation sites is 1. The van der Waals surface area contributed by atoms with Gasteiger partial charge < -0.3 is 9.80 Å². The molecule has 0 aliphatic rings. The van der Waals surface area contributed by atoms with E-state index in [9.17, 15) is 9.59 Å². The van der Waals surface area contributed by atoms with Gasteiger partial charge in [0.15, 0.2) is 0 Å². The lowest BCUT2D eigenvalue weighted by Gasteiger charge is -2.29. The van der Waals surface area contributed by atoms with Crippen LogP contribution < -0.4 is 4.90 Å². The Kier molecular flexibility index (Phi) is 7.22. The maximum Gasteiger partial charge on any atom is 0.224 e. The van der Waals surface area contributed by atoms with Crippen LogP contribution in [0.2, 0.25) is 5.02 Å². The first-order chi connectivity index (χ1) is 12.4. The van der Waals surface area contributed by atoms with Crippen molar-refractivity contribution in [1.82, 2.24) is 4.90 Å². The SMILES string of the molecule is CC(=O)N(CCC(=O)N(Cc1ccccc1)C(C)C)c1ccccc1Cl. The number of anilines is 1. The largest absolute Gasteiger partial charge is 0.336 e. The van der Waals surface area contributed by atoms with Gasteiger partial charge in [-0.05, 0) is 31.5 Å². The number of rotatable bonds is 7. The number of halogens is 1. The van der Waals surface area contributed by atoms with Crippen LogP contribution in [0.5, 0.6) is 0 Å². The average Bonchev–Trinajstić information content (AvgIpc) is 2.61. The maximum absolute atomic E-state index is 12.8. The Bertz CT molecular complexity index is 747. The summed E-state index contributed by atoms with van der Waals surface area (Å²) in [5.74, 6) is -0.118. The highest BCUT2D eigenvalue weighted by molar-refractivity contribution is 6.33. The molecule has 26 heavy (non-hydrogen) atoms. The van der Waals surface area contributed by atoms with Crippen molar-refractivity contribution in [3.63, 3.8) is 0 Å². The fourth-order valence-electron chi connectivity index (χ4n) is 2.81. The number of amides is 2. The second-order valence-corrected chi connectivity index (χ2v) is 6.88. The molecule has 4 nitrogen and oxygen atoms in total. The van der Waals surface area contributed by atoms with Crippen molar-refractivity contribution >= 4 is 29.1 Å². The van der Waals surface area contributed by atoms with Crippen molar-refractivity contribution in [2.75, 3.05) is 11.4 Å². The molecule has 2 aromatic rings. The van der Waals surface area contributed by atoms with Gasteiger partial charge >= 0.3 is 0 Å². The Morgan fingerprint density at radius 2 is 1.62 bits per heavy atom. The van der Waals surface area contributed by atoms with Crippen LogP contribution in [0.3, 0.4) is 0 Å². The van der Waals surface area contributed by atoms with E-state index in [4.69, 9.17) is 11.6 Å². The molecule has 0 unspecified atom stereocenters. The van der Waals surface area contributed by atoms with E-state index in [0.29, 0.717) is 23.8 Å². The highest BCUT2D eigenvalue weighted by Crippen LogP contribution is 2.25. The molecule has 2 rings (SSSR count). The van der Waals surface area contributed by atoms with Gasteiger partial charge in [0.2, 0.25) is 11.8 Å². The topological polar surface area (TPSA) is 40.6 Å². The van der Waals surface area contributed by atoms with Crippen LogP contribution in [-0.4, -0.2) is 29.3 Å². The van der Waals surface area contributed by atoms with Gasteiger partial charge in [0.25, 0.3) is 0 Å². The third kappa shape index (κ3) is 5.33. The molecule has 0 heterocycles. The van der Waals surface area contributed by atoms with Gasteiger partial charge in [-0.25, -0.2) is 0 Å². The zero-order valence-corrected chi connectivity index (χ0v) is 16.2. The van der Waals surface area contributed by atoms with E-state index < -0.39 is 0 Å². The van der Waals surface area contributed by atoms with Gasteiger partial charge in [-0.3, -0.25) is 9.59 Å². The van der Waals surface area contributed by atoms with Gasteiger partial charge in [0, 0.05) is 32.5 Å². The number of carbonyl (C=O) groups excluding carboxylic acids is 2. The number of hydrogen-bond acceptors (Lipinski definition) is 2. The number of benzene rings is 2. The van der Waals surface area contributed by atoms with Gasteiger partial charge in [-0.15, -0.1) is 0 Å². The number of hydrogen-bond donors (Lipinski definition) is 0. The molecule has 0 aliphatic carbocycles. The smallest absolute Gasteiger partial charge is 0.224 e. The predicted molar refractivity (Wildman–Crippen MR) is 106 cm³/mol. The van der Waals surface area contributed by atoms with Gasteiger partial charge in [0.05, 0.1) is 10.7 Å². The second kappa shape index (κ2) is 9.39. The van der Waals surface area contributed by atoms with Crippen LogP contribution in [0, 0.1) is 0 Å². The van der Waals surface area contributed by atoms with Crippen LogP contribution in [0.25, 0.3) is 0 Å². The third-order valence-electron chi connectivity index (χ3n) is 4.21. The lowest BCUT2D eigenvalue weighted by molar-refractivity contribution is -0.133. The molecule has 2 aromatic carbocycles. The summed E-state index contributed by atoms with van der Waals surface area (Å²) in [4.78, 5) is 28.2. The Balaban J connectivity index is 2.08. The molecular formula is C21H25ClN2O2. The van der Waals surface area contributed by atoms with E-state index in [0.717, 1.165) is 5.56 Å². The summed E-state index contributed by atoms with van der Waals surface area (Å²) in [6, 6.07) is 17.2. The zero-order valence-electron chi connectivity index (χ0n) is 15.5. The number of nitrogens with zero attached hydrogens (tertiary/aromatic N) is 2. The fraction of sp³-hybridized carbons (Fsp3) is 0.333. The van der Waals surface area contributed by atoms with E-state index in [-0.39, 0.29) is 24.3 Å². The highest BCUT2D eigenvalue weighted by atomic mass is 35.5. The maximum atomic E-state index is 12.8. The molecule has 0 aliphatic heterocycles. The summed E-state index contributed by atoms with van der Waals surface area (Å²) < 4.78 is 0. The van der Waals surface area contributed by atoms with Crippen molar-refractivity contribution in [3.05, 3.63) is 65.2 Å². The van der Waals surface area contributed by atoms with Crippen LogP contribution in [0.4, 0.5) is 5.69 Å². The van der Waals surface area contributed by atoms with E-state index >= 15 is 0 Å². The standard InChI is InChI=1S/C21H25ClN2O2/c1-16(2)24(15-18-9-5-4-6-10-18)21(26)13-14-23(17(3)25)20-12-8-7-11-19(20)22/h4-12,16H,13-15H2,1-3H3. The van der Waals surface area contributed by atoms with Crippen LogP contribution in [0.15, 0.2) is 54.6 Å². The molecule has 0 spiro atoms. The van der Waals surface area contributed by atoms with Gasteiger partial charge in [0.1, 0.15) is 0 Å². The Morgan fingerprint density at radius 1 is 1.00 bits per heavy atom. The summed E-state index contributed by atoms with van der Waals surface area (Å²) >= 11 is 6.21. The minimum absolute atomic E-state index is 0.0159. The van der Waals surface area contributed by atoms with Crippen LogP contribution >= 0.6 is 11.6 Å². The molecule has 0 saturated carbocycles. The summed E-state index contributed by atoms with van der Waals surface area (Å²) in [6.07, 6.45) is 0.246. The minimum Gasteiger partial charge on any atom is -0.336 e. The third-order valence-corrected chi connectivity index (χ3v) is 4.53. The lowest BCUT2D eigenvalue weighted by Crippen LogP contribution is -2.39. The molecular weight excluding hydrogens is 348 g/mol. The molecule has 2 amide bonds. The van der Waals surface area contributed by atoms with Crippen molar-refractivity contribution in [1.29, 1.82) is 0 Å². The normalized spacial score (nSPS) is 10.7. The van der Waals surface area contributed by atoms with Gasteiger partial charge in [-0.2, -0.15) is 0 Å². The van der Waals surface area contributed by atoms with Crippen LogP contribution in [0.1, 0.15) is 32.8 Å². The van der Waals surface area contributed by atoms with E-state index in [1.165, 1.54) is 6.92 Å². The van der Waals surface area contributed by atoms with E-state index in [1.807, 2.05) is 61.2 Å². The summed E-state index contributed by atoms with van der Waals surface area (Å²) in [5.41, 5.74) is 1.72. The quantitative estimate of drug-likeness (QED) is 0.716. The van der Waals surface area contributed by atoms with E-state index in [2.05, 4.69) is 0 Å². The zero-order chi connectivity index (χ0) is 19.1. The summed E-state index contributed by atoms with van der Waals surface area (Å²) in [5, 5.41) is 0.500. The molecule has 0 fully saturated rings. The molecule has 0 atom stereocenters. The highest BCUT2D eigenvalue weighted by Gasteiger charge is 2.20. The summed E-state index contributed by atoms with van der Waals surface area (Å²) in [7, 11) is 0. The first-order valence-electron chi connectivity index (χ1n) is 8.76. The molecule has 138 valence electrons.